The molecule has 3 N–H and O–H groups in total. The molecule has 11 heteroatoms. The number of carbonyl (C=O) groups excluding carboxylic acids is 2. The van der Waals surface area contributed by atoms with Crippen LogP contribution >= 0.6 is 12.6 Å². The van der Waals surface area contributed by atoms with Crippen LogP contribution in [0.3, 0.4) is 0 Å². The van der Waals surface area contributed by atoms with Gasteiger partial charge in [-0.05, 0) is 41.2 Å². The molecule has 0 bridgehead atoms. The first-order chi connectivity index (χ1) is 19.0. The van der Waals surface area contributed by atoms with E-state index >= 15 is 0 Å². The van der Waals surface area contributed by atoms with E-state index in [-0.39, 0.29) is 18.5 Å². The number of hydrogen-bond donors (Lipinski definition) is 3. The molecule has 0 saturated carbocycles. The fraction of sp³-hybridized carbons (Fsp3) is 0.345. The Balaban J connectivity index is 0.000000559. The van der Waals surface area contributed by atoms with Crippen LogP contribution in [0, 0.1) is 5.41 Å². The minimum atomic E-state index is -5.08. The van der Waals surface area contributed by atoms with Crippen molar-refractivity contribution in [1.29, 1.82) is 0 Å². The number of fused-ring (bicyclic) bond motifs is 1. The van der Waals surface area contributed by atoms with Crippen molar-refractivity contribution in [3.63, 3.8) is 0 Å². The first-order valence-corrected chi connectivity index (χ1v) is 13.2. The van der Waals surface area contributed by atoms with Gasteiger partial charge in [-0.1, -0.05) is 72.8 Å². The molecule has 0 radical (unpaired) electrons. The molecule has 1 aliphatic heterocycles. The van der Waals surface area contributed by atoms with E-state index in [1.54, 1.807) is 4.90 Å². The SMILES string of the molecule is N[C@@H](CS)C(=O)N1CCC(Cc2cccc3ccccc23)(C(=O)OCc2ccccc2)CC1.O=C(O)C(F)(F)F. The first-order valence-electron chi connectivity index (χ1n) is 12.6. The molecular formula is C29H31F3N2O5S. The molecule has 1 amide bonds. The van der Waals surface area contributed by atoms with E-state index in [0.29, 0.717) is 38.1 Å². The molecule has 0 spiro atoms. The Kier molecular flexibility index (Phi) is 10.6. The lowest BCUT2D eigenvalue weighted by Gasteiger charge is -2.41. The number of halogens is 3. The molecule has 4 rings (SSSR count). The van der Waals surface area contributed by atoms with Crippen molar-refractivity contribution in [1.82, 2.24) is 4.90 Å². The Morgan fingerprint density at radius 3 is 2.15 bits per heavy atom. The number of nitrogens with two attached hydrogens (primary N) is 1. The summed E-state index contributed by atoms with van der Waals surface area (Å²) in [5, 5.41) is 9.42. The number of thiol groups is 1. The van der Waals surface area contributed by atoms with Crippen molar-refractivity contribution < 1.29 is 37.4 Å². The summed E-state index contributed by atoms with van der Waals surface area (Å²) in [5.41, 5.74) is 7.30. The summed E-state index contributed by atoms with van der Waals surface area (Å²) < 4.78 is 37.6. The summed E-state index contributed by atoms with van der Waals surface area (Å²) in [6.07, 6.45) is -3.44. The van der Waals surface area contributed by atoms with Gasteiger partial charge in [0.05, 0.1) is 11.5 Å². The minimum Gasteiger partial charge on any atom is -0.475 e. The number of carbonyl (C=O) groups is 3. The number of piperidine rings is 1. The average Bonchev–Trinajstić information content (AvgIpc) is 2.96. The number of carboxylic acid groups (broad SMARTS) is 1. The Bertz CT molecular complexity index is 1310. The molecule has 1 atom stereocenters. The lowest BCUT2D eigenvalue weighted by molar-refractivity contribution is -0.192. The number of rotatable bonds is 7. The maximum Gasteiger partial charge on any atom is 0.490 e. The summed E-state index contributed by atoms with van der Waals surface area (Å²) in [4.78, 5) is 36.8. The molecule has 1 fully saturated rings. The largest absolute Gasteiger partial charge is 0.490 e. The highest BCUT2D eigenvalue weighted by Gasteiger charge is 2.44. The number of aliphatic carboxylic acids is 1. The molecule has 214 valence electrons. The zero-order chi connectivity index (χ0) is 29.3. The highest BCUT2D eigenvalue weighted by atomic mass is 32.1. The number of amides is 1. The van der Waals surface area contributed by atoms with Crippen LogP contribution in [0.5, 0.6) is 0 Å². The highest BCUT2D eigenvalue weighted by molar-refractivity contribution is 7.80. The smallest absolute Gasteiger partial charge is 0.475 e. The second-order valence-electron chi connectivity index (χ2n) is 9.57. The van der Waals surface area contributed by atoms with E-state index in [4.69, 9.17) is 20.4 Å². The average molecular weight is 577 g/mol. The Morgan fingerprint density at radius 2 is 1.55 bits per heavy atom. The van der Waals surface area contributed by atoms with E-state index in [1.165, 1.54) is 0 Å². The highest BCUT2D eigenvalue weighted by Crippen LogP contribution is 2.38. The van der Waals surface area contributed by atoms with Crippen molar-refractivity contribution >= 4 is 41.2 Å². The van der Waals surface area contributed by atoms with Crippen LogP contribution < -0.4 is 5.73 Å². The minimum absolute atomic E-state index is 0.110. The molecule has 0 aliphatic carbocycles. The fourth-order valence-electron chi connectivity index (χ4n) is 4.61. The number of esters is 1. The summed E-state index contributed by atoms with van der Waals surface area (Å²) >= 11 is 4.16. The van der Waals surface area contributed by atoms with Crippen molar-refractivity contribution in [2.45, 2.75) is 38.1 Å². The maximum atomic E-state index is 13.5. The maximum absolute atomic E-state index is 13.5. The summed E-state index contributed by atoms with van der Waals surface area (Å²) in [5.74, 6) is -2.77. The van der Waals surface area contributed by atoms with Gasteiger partial charge in [0.15, 0.2) is 0 Å². The van der Waals surface area contributed by atoms with Crippen LogP contribution in [0.2, 0.25) is 0 Å². The van der Waals surface area contributed by atoms with Crippen LogP contribution in [0.1, 0.15) is 24.0 Å². The van der Waals surface area contributed by atoms with Crippen LogP contribution in [0.15, 0.2) is 72.8 Å². The van der Waals surface area contributed by atoms with Crippen LogP contribution in [0.25, 0.3) is 10.8 Å². The van der Waals surface area contributed by atoms with E-state index in [9.17, 15) is 22.8 Å². The zero-order valence-electron chi connectivity index (χ0n) is 21.6. The monoisotopic (exact) mass is 576 g/mol. The van der Waals surface area contributed by atoms with Gasteiger partial charge in [0, 0.05) is 18.8 Å². The topological polar surface area (TPSA) is 110 Å². The third kappa shape index (κ3) is 7.98. The van der Waals surface area contributed by atoms with Crippen LogP contribution in [0.4, 0.5) is 13.2 Å². The van der Waals surface area contributed by atoms with Gasteiger partial charge in [0.2, 0.25) is 5.91 Å². The number of benzene rings is 3. The number of carboxylic acids is 1. The van der Waals surface area contributed by atoms with Crippen LogP contribution in [-0.4, -0.2) is 58.9 Å². The summed E-state index contributed by atoms with van der Waals surface area (Å²) in [7, 11) is 0. The fourth-order valence-corrected chi connectivity index (χ4v) is 4.76. The summed E-state index contributed by atoms with van der Waals surface area (Å²) in [6, 6.07) is 23.5. The van der Waals surface area contributed by atoms with Gasteiger partial charge in [0.25, 0.3) is 0 Å². The molecule has 1 heterocycles. The quantitative estimate of drug-likeness (QED) is 0.280. The van der Waals surface area contributed by atoms with Gasteiger partial charge < -0.3 is 20.5 Å². The third-order valence-corrected chi connectivity index (χ3v) is 7.24. The molecule has 0 aromatic heterocycles. The second kappa shape index (κ2) is 13.7. The van der Waals surface area contributed by atoms with Crippen molar-refractivity contribution in [3.05, 3.63) is 83.9 Å². The third-order valence-electron chi connectivity index (χ3n) is 6.84. The number of ether oxygens (including phenoxy) is 1. The predicted octanol–water partition coefficient (Wildman–Crippen LogP) is 4.62. The zero-order valence-corrected chi connectivity index (χ0v) is 22.5. The van der Waals surface area contributed by atoms with Gasteiger partial charge in [-0.2, -0.15) is 25.8 Å². The second-order valence-corrected chi connectivity index (χ2v) is 9.94. The molecule has 7 nitrogen and oxygen atoms in total. The van der Waals surface area contributed by atoms with Crippen molar-refractivity contribution in [2.24, 2.45) is 11.1 Å². The van der Waals surface area contributed by atoms with E-state index in [1.807, 2.05) is 48.5 Å². The van der Waals surface area contributed by atoms with Crippen LogP contribution in [-0.2, 0) is 32.1 Å². The Labute approximate surface area is 235 Å². The normalized spacial score (nSPS) is 15.5. The number of hydrogen-bond acceptors (Lipinski definition) is 6. The number of likely N-dealkylation sites (tertiary alicyclic amines) is 1. The molecule has 40 heavy (non-hydrogen) atoms. The lowest BCUT2D eigenvalue weighted by Crippen LogP contribution is -2.52. The Morgan fingerprint density at radius 1 is 0.975 bits per heavy atom. The first kappa shape index (κ1) is 31.0. The van der Waals surface area contributed by atoms with E-state index in [0.717, 1.165) is 21.9 Å². The van der Waals surface area contributed by atoms with Gasteiger partial charge in [-0.3, -0.25) is 9.59 Å². The lowest BCUT2D eigenvalue weighted by atomic mass is 9.73. The van der Waals surface area contributed by atoms with Gasteiger partial charge in [-0.25, -0.2) is 4.79 Å². The molecule has 1 aliphatic rings. The van der Waals surface area contributed by atoms with Gasteiger partial charge >= 0.3 is 18.1 Å². The van der Waals surface area contributed by atoms with Gasteiger partial charge in [-0.15, -0.1) is 0 Å². The molecule has 3 aromatic carbocycles. The summed E-state index contributed by atoms with van der Waals surface area (Å²) in [6.45, 7) is 1.20. The Hall–Kier alpha value is -3.57. The predicted molar refractivity (Wildman–Crippen MR) is 148 cm³/mol. The molecule has 3 aromatic rings. The van der Waals surface area contributed by atoms with E-state index < -0.39 is 23.6 Å². The number of alkyl halides is 3. The van der Waals surface area contributed by atoms with Gasteiger partial charge in [0.1, 0.15) is 6.61 Å². The standard InChI is InChI=1S/C27H30N2O3S.C2HF3O2/c28-24(19-33)25(30)29-15-13-27(14-16-29,26(31)32-18-20-7-2-1-3-8-20)17-22-11-6-10-21-9-4-5-12-23(21)22;3-2(4,5)1(6)7/h1-12,24,33H,13-19,28H2;(H,6,7)/t24-;/m0./s1. The van der Waals surface area contributed by atoms with Crippen molar-refractivity contribution in [3.8, 4) is 0 Å². The molecule has 0 unspecified atom stereocenters. The molecular weight excluding hydrogens is 545 g/mol. The van der Waals surface area contributed by atoms with E-state index in [2.05, 4.69) is 36.9 Å². The number of nitrogens with zero attached hydrogens (tertiary/aromatic N) is 1. The van der Waals surface area contributed by atoms with Crippen molar-refractivity contribution in [2.75, 3.05) is 18.8 Å². The molecule has 1 saturated heterocycles.